The van der Waals surface area contributed by atoms with Crippen LogP contribution in [0.25, 0.3) is 0 Å². The number of pyridine rings is 1. The van der Waals surface area contributed by atoms with Gasteiger partial charge < -0.3 is 9.80 Å². The fourth-order valence-corrected chi connectivity index (χ4v) is 4.93. The Balaban J connectivity index is 1.44. The van der Waals surface area contributed by atoms with Crippen LogP contribution in [-0.2, 0) is 19.3 Å². The van der Waals surface area contributed by atoms with Crippen LogP contribution >= 0.6 is 0 Å². The molecule has 3 aliphatic rings. The Hall–Kier alpha value is -2.88. The predicted molar refractivity (Wildman–Crippen MR) is 113 cm³/mol. The molecule has 0 radical (unpaired) electrons. The molecule has 0 atom stereocenters. The predicted octanol–water partition coefficient (Wildman–Crippen LogP) is 4.10. The lowest BCUT2D eigenvalue weighted by Gasteiger charge is -2.38. The van der Waals surface area contributed by atoms with Gasteiger partial charge in [-0.3, -0.25) is 9.78 Å². The second kappa shape index (κ2) is 6.93. The molecular weight excluding hydrogens is 346 g/mol. The number of ketones is 1. The number of benzene rings is 1. The Bertz CT molecular complexity index is 989. The zero-order chi connectivity index (χ0) is 19.1. The number of aromatic nitrogens is 1. The number of carbonyl (C=O) groups is 1. The van der Waals surface area contributed by atoms with Crippen LogP contribution < -0.4 is 9.80 Å². The molecule has 0 amide bonds. The highest BCUT2D eigenvalue weighted by molar-refractivity contribution is 6.03. The maximum absolute atomic E-state index is 12.2. The number of rotatable bonds is 3. The lowest BCUT2D eigenvalue weighted by atomic mass is 9.88. The largest absolute Gasteiger partial charge is 0.371 e. The number of hydrogen-bond acceptors (Lipinski definition) is 4. The molecular formula is C24H25N3O. The first-order chi connectivity index (χ1) is 13.7. The van der Waals surface area contributed by atoms with Gasteiger partial charge in [-0.25, -0.2) is 0 Å². The second-order valence-corrected chi connectivity index (χ2v) is 7.90. The molecule has 4 heterocycles. The number of carbonyl (C=O) groups excluding carboxylic acids is 1. The summed E-state index contributed by atoms with van der Waals surface area (Å²) in [5, 5.41) is 0. The summed E-state index contributed by atoms with van der Waals surface area (Å²) in [5.74, 6) is -0.0585. The fraction of sp³-hybridized carbons (Fsp3) is 0.333. The summed E-state index contributed by atoms with van der Waals surface area (Å²) >= 11 is 0. The summed E-state index contributed by atoms with van der Waals surface area (Å²) in [7, 11) is 2.16. The molecule has 0 bridgehead atoms. The highest BCUT2D eigenvalue weighted by Crippen LogP contribution is 2.46. The van der Waals surface area contributed by atoms with Gasteiger partial charge in [-0.15, -0.1) is 0 Å². The zero-order valence-electron chi connectivity index (χ0n) is 16.3. The van der Waals surface area contributed by atoms with Crippen molar-refractivity contribution in [3.63, 3.8) is 0 Å². The Kier molecular flexibility index (Phi) is 4.27. The smallest absolute Gasteiger partial charge is 0.204 e. The van der Waals surface area contributed by atoms with Crippen molar-refractivity contribution in [2.45, 2.75) is 32.1 Å². The first kappa shape index (κ1) is 17.2. The molecule has 0 unspecified atom stereocenters. The lowest BCUT2D eigenvalue weighted by Crippen LogP contribution is -2.35. The van der Waals surface area contributed by atoms with Gasteiger partial charge in [0, 0.05) is 49.8 Å². The van der Waals surface area contributed by atoms with Crippen LogP contribution in [0.15, 0.2) is 54.4 Å². The number of likely N-dealkylation sites (N-methyl/N-ethyl adjacent to an activating group) is 1. The van der Waals surface area contributed by atoms with Gasteiger partial charge in [-0.1, -0.05) is 18.2 Å². The summed E-state index contributed by atoms with van der Waals surface area (Å²) in [6.07, 6.45) is 13.0. The molecule has 0 spiro atoms. The van der Waals surface area contributed by atoms with E-state index >= 15 is 0 Å². The van der Waals surface area contributed by atoms with Gasteiger partial charge in [0.25, 0.3) is 0 Å². The monoisotopic (exact) mass is 371 g/mol. The van der Waals surface area contributed by atoms with E-state index in [1.54, 1.807) is 18.3 Å². The number of anilines is 2. The van der Waals surface area contributed by atoms with Crippen LogP contribution in [0.1, 0.15) is 40.0 Å². The topological polar surface area (TPSA) is 36.4 Å². The van der Waals surface area contributed by atoms with Gasteiger partial charge in [0.1, 0.15) is 5.69 Å². The Morgan fingerprint density at radius 3 is 2.79 bits per heavy atom. The molecule has 0 aliphatic carbocycles. The maximum Gasteiger partial charge on any atom is 0.204 e. The van der Waals surface area contributed by atoms with Crippen LogP contribution in [0.5, 0.6) is 0 Å². The molecule has 0 saturated heterocycles. The van der Waals surface area contributed by atoms with E-state index in [4.69, 9.17) is 0 Å². The Morgan fingerprint density at radius 2 is 1.96 bits per heavy atom. The van der Waals surface area contributed by atoms with E-state index < -0.39 is 0 Å². The van der Waals surface area contributed by atoms with E-state index in [0.29, 0.717) is 5.69 Å². The highest BCUT2D eigenvalue weighted by Gasteiger charge is 2.32. The first-order valence-corrected chi connectivity index (χ1v) is 10.2. The van der Waals surface area contributed by atoms with Crippen molar-refractivity contribution in [1.82, 2.24) is 4.98 Å². The van der Waals surface area contributed by atoms with Gasteiger partial charge in [0.2, 0.25) is 5.78 Å². The molecule has 0 fully saturated rings. The number of hydrogen-bond donors (Lipinski definition) is 0. The van der Waals surface area contributed by atoms with Gasteiger partial charge in [0.05, 0.1) is 0 Å². The summed E-state index contributed by atoms with van der Waals surface area (Å²) in [6, 6.07) is 7.84. The van der Waals surface area contributed by atoms with Crippen LogP contribution in [0.3, 0.4) is 0 Å². The van der Waals surface area contributed by atoms with Crippen molar-refractivity contribution >= 4 is 17.2 Å². The quantitative estimate of drug-likeness (QED) is 0.601. The van der Waals surface area contributed by atoms with E-state index in [9.17, 15) is 4.79 Å². The van der Waals surface area contributed by atoms with Crippen molar-refractivity contribution in [1.29, 1.82) is 0 Å². The average molecular weight is 371 g/mol. The molecule has 4 heteroatoms. The lowest BCUT2D eigenvalue weighted by molar-refractivity contribution is 0.104. The molecule has 1 aromatic carbocycles. The van der Waals surface area contributed by atoms with Crippen molar-refractivity contribution in [2.75, 3.05) is 29.9 Å². The highest BCUT2D eigenvalue weighted by atomic mass is 16.1. The van der Waals surface area contributed by atoms with Crippen molar-refractivity contribution in [2.24, 2.45) is 0 Å². The summed E-state index contributed by atoms with van der Waals surface area (Å²) in [5.41, 5.74) is 9.17. The van der Waals surface area contributed by atoms with Crippen LogP contribution in [-0.4, -0.2) is 30.9 Å². The zero-order valence-corrected chi connectivity index (χ0v) is 16.3. The number of allylic oxidation sites excluding steroid dienone is 4. The first-order valence-electron chi connectivity index (χ1n) is 10.2. The molecule has 142 valence electrons. The molecule has 0 saturated carbocycles. The van der Waals surface area contributed by atoms with E-state index in [2.05, 4.69) is 34.0 Å². The normalized spacial score (nSPS) is 19.2. The van der Waals surface area contributed by atoms with Gasteiger partial charge in [-0.2, -0.15) is 0 Å². The van der Waals surface area contributed by atoms with E-state index in [0.717, 1.165) is 6.42 Å². The third-order valence-electron chi connectivity index (χ3n) is 6.17. The average Bonchev–Trinajstić information content (AvgIpc) is 3.04. The number of nitrogens with zero attached hydrogens (tertiary/aromatic N) is 3. The fourth-order valence-electron chi connectivity index (χ4n) is 4.93. The van der Waals surface area contributed by atoms with Crippen LogP contribution in [0, 0.1) is 0 Å². The number of fused-ring (bicyclic) bond motifs is 2. The van der Waals surface area contributed by atoms with Crippen molar-refractivity contribution < 1.29 is 4.79 Å². The van der Waals surface area contributed by atoms with Crippen molar-refractivity contribution in [3.8, 4) is 0 Å². The SMILES string of the molecule is CN1/C(=C\C=C\C(=O)c2ccccn2)Cc2cc3c4c(c21)CCCN4CCC3. The number of aryl methyl sites for hydroxylation is 1. The van der Waals surface area contributed by atoms with E-state index in [-0.39, 0.29) is 5.78 Å². The van der Waals surface area contributed by atoms with Crippen LogP contribution in [0.2, 0.25) is 0 Å². The summed E-state index contributed by atoms with van der Waals surface area (Å²) in [6.45, 7) is 2.40. The minimum absolute atomic E-state index is 0.0585. The third kappa shape index (κ3) is 2.84. The third-order valence-corrected chi connectivity index (χ3v) is 6.17. The Labute approximate surface area is 166 Å². The van der Waals surface area contributed by atoms with Crippen molar-refractivity contribution in [3.05, 3.63) is 76.8 Å². The maximum atomic E-state index is 12.2. The van der Waals surface area contributed by atoms with E-state index in [1.807, 2.05) is 18.2 Å². The summed E-state index contributed by atoms with van der Waals surface area (Å²) < 4.78 is 0. The molecule has 4 nitrogen and oxygen atoms in total. The van der Waals surface area contributed by atoms with Gasteiger partial charge in [-0.05, 0) is 66.7 Å². The van der Waals surface area contributed by atoms with Crippen LogP contribution in [0.4, 0.5) is 11.4 Å². The minimum Gasteiger partial charge on any atom is -0.371 e. The molecule has 0 N–H and O–H groups in total. The second-order valence-electron chi connectivity index (χ2n) is 7.90. The van der Waals surface area contributed by atoms with Gasteiger partial charge in [0.15, 0.2) is 0 Å². The molecule has 28 heavy (non-hydrogen) atoms. The molecule has 1 aromatic heterocycles. The molecule has 3 aliphatic heterocycles. The summed E-state index contributed by atoms with van der Waals surface area (Å²) in [4.78, 5) is 21.3. The molecule has 5 rings (SSSR count). The van der Waals surface area contributed by atoms with Gasteiger partial charge >= 0.3 is 0 Å². The Morgan fingerprint density at radius 1 is 1.11 bits per heavy atom. The van der Waals surface area contributed by atoms with E-state index in [1.165, 1.54) is 72.5 Å². The molecule has 2 aromatic rings. The standard InChI is InChI=1S/C24H25N3O/c1-26-19(8-4-11-22(28)21-10-2-3-12-25-21)16-18-15-17-7-5-13-27-14-6-9-20(23(18)26)24(17)27/h2-4,8,10-12,15H,5-7,9,13-14,16H2,1H3/b11-4+,19-8-. The minimum atomic E-state index is -0.0585.